The molecule has 1 saturated heterocycles. The molecular formula is C13H24IN5O. The first-order valence-electron chi connectivity index (χ1n) is 6.79. The molecule has 0 bridgehead atoms. The molecule has 1 aliphatic heterocycles. The number of aryl methyl sites for hydroxylation is 2. The summed E-state index contributed by atoms with van der Waals surface area (Å²) < 4.78 is 5.14. The maximum Gasteiger partial charge on any atom is 0.191 e. The van der Waals surface area contributed by atoms with Crippen molar-refractivity contribution in [3.05, 3.63) is 17.0 Å². The molecule has 0 aromatic carbocycles. The minimum Gasteiger partial charge on any atom is -0.361 e. The van der Waals surface area contributed by atoms with E-state index in [0.717, 1.165) is 36.1 Å². The van der Waals surface area contributed by atoms with Crippen molar-refractivity contribution in [3.63, 3.8) is 0 Å². The van der Waals surface area contributed by atoms with E-state index in [1.807, 2.05) is 13.8 Å². The molecule has 2 N–H and O–H groups in total. The molecule has 0 aliphatic carbocycles. The first kappa shape index (κ1) is 17.2. The fourth-order valence-electron chi connectivity index (χ4n) is 2.08. The highest BCUT2D eigenvalue weighted by Gasteiger charge is 2.13. The minimum absolute atomic E-state index is 0. The van der Waals surface area contributed by atoms with Gasteiger partial charge in [0, 0.05) is 32.2 Å². The van der Waals surface area contributed by atoms with Crippen LogP contribution in [0.3, 0.4) is 0 Å². The minimum atomic E-state index is 0. The second-order valence-corrected chi connectivity index (χ2v) is 4.85. The van der Waals surface area contributed by atoms with Crippen molar-refractivity contribution < 1.29 is 4.52 Å². The predicted molar refractivity (Wildman–Crippen MR) is 90.7 cm³/mol. The van der Waals surface area contributed by atoms with Crippen molar-refractivity contribution in [1.82, 2.24) is 20.7 Å². The number of nitrogens with one attached hydrogen (secondary N) is 2. The van der Waals surface area contributed by atoms with Gasteiger partial charge >= 0.3 is 0 Å². The van der Waals surface area contributed by atoms with Crippen LogP contribution in [0, 0.1) is 13.8 Å². The molecule has 20 heavy (non-hydrogen) atoms. The van der Waals surface area contributed by atoms with Crippen LogP contribution in [0.25, 0.3) is 0 Å². The topological polar surface area (TPSA) is 65.7 Å². The van der Waals surface area contributed by atoms with E-state index in [1.165, 1.54) is 19.5 Å². The molecule has 0 amide bonds. The van der Waals surface area contributed by atoms with E-state index in [4.69, 9.17) is 4.52 Å². The Morgan fingerprint density at radius 2 is 2.10 bits per heavy atom. The number of halogens is 1. The van der Waals surface area contributed by atoms with Crippen LogP contribution in [0.2, 0.25) is 0 Å². The average Bonchev–Trinajstić information content (AvgIpc) is 2.66. The predicted octanol–water partition coefficient (Wildman–Crippen LogP) is 1.28. The second kappa shape index (κ2) is 8.46. The highest BCUT2D eigenvalue weighted by Crippen LogP contribution is 2.11. The molecule has 114 valence electrons. The van der Waals surface area contributed by atoms with Gasteiger partial charge in [0.1, 0.15) is 5.76 Å². The van der Waals surface area contributed by atoms with Gasteiger partial charge in [-0.05, 0) is 33.4 Å². The fraction of sp³-hybridized carbons (Fsp3) is 0.692. The number of nitrogens with zero attached hydrogens (tertiary/aromatic N) is 3. The SMILES string of the molecule is CN=C(NCCN1CCC1)NCc1c(C)noc1C.I. The van der Waals surface area contributed by atoms with Crippen molar-refractivity contribution >= 4 is 29.9 Å². The van der Waals surface area contributed by atoms with Crippen LogP contribution in [0.1, 0.15) is 23.4 Å². The molecule has 1 aliphatic rings. The smallest absolute Gasteiger partial charge is 0.191 e. The molecule has 7 heteroatoms. The molecule has 2 heterocycles. The number of rotatable bonds is 5. The maximum absolute atomic E-state index is 5.14. The summed E-state index contributed by atoms with van der Waals surface area (Å²) in [4.78, 5) is 6.64. The Morgan fingerprint density at radius 1 is 1.35 bits per heavy atom. The molecule has 0 radical (unpaired) electrons. The van der Waals surface area contributed by atoms with E-state index >= 15 is 0 Å². The highest BCUT2D eigenvalue weighted by molar-refractivity contribution is 14.0. The fourth-order valence-corrected chi connectivity index (χ4v) is 2.08. The van der Waals surface area contributed by atoms with Gasteiger partial charge in [0.05, 0.1) is 5.69 Å². The van der Waals surface area contributed by atoms with Gasteiger partial charge in [0.15, 0.2) is 5.96 Å². The number of likely N-dealkylation sites (tertiary alicyclic amines) is 1. The zero-order chi connectivity index (χ0) is 13.7. The lowest BCUT2D eigenvalue weighted by Gasteiger charge is -2.30. The molecule has 0 atom stereocenters. The molecule has 1 aromatic heterocycles. The van der Waals surface area contributed by atoms with Crippen LogP contribution in [0.4, 0.5) is 0 Å². The molecule has 1 aromatic rings. The summed E-state index contributed by atoms with van der Waals surface area (Å²) >= 11 is 0. The normalized spacial score (nSPS) is 15.4. The van der Waals surface area contributed by atoms with Gasteiger partial charge in [-0.2, -0.15) is 0 Å². The van der Waals surface area contributed by atoms with Crippen LogP contribution >= 0.6 is 24.0 Å². The number of hydrogen-bond acceptors (Lipinski definition) is 4. The van der Waals surface area contributed by atoms with Crippen molar-refractivity contribution in [2.45, 2.75) is 26.8 Å². The molecule has 0 unspecified atom stereocenters. The lowest BCUT2D eigenvalue weighted by atomic mass is 10.2. The van der Waals surface area contributed by atoms with Crippen molar-refractivity contribution in [2.24, 2.45) is 4.99 Å². The Balaban J connectivity index is 0.00000200. The zero-order valence-electron chi connectivity index (χ0n) is 12.4. The Hall–Kier alpha value is -0.830. The number of aromatic nitrogens is 1. The largest absolute Gasteiger partial charge is 0.361 e. The van der Waals surface area contributed by atoms with Crippen molar-refractivity contribution in [1.29, 1.82) is 0 Å². The Labute approximate surface area is 137 Å². The van der Waals surface area contributed by atoms with Gasteiger partial charge in [-0.3, -0.25) is 4.99 Å². The summed E-state index contributed by atoms with van der Waals surface area (Å²) in [6.45, 7) is 9.02. The van der Waals surface area contributed by atoms with E-state index in [1.54, 1.807) is 7.05 Å². The van der Waals surface area contributed by atoms with E-state index in [0.29, 0.717) is 6.54 Å². The van der Waals surface area contributed by atoms with Crippen molar-refractivity contribution in [2.75, 3.05) is 33.2 Å². The average molecular weight is 393 g/mol. The Bertz CT molecular complexity index is 422. The standard InChI is InChI=1S/C13H23N5O.HI/c1-10-12(11(2)19-17-10)9-16-13(14-3)15-5-8-18-6-4-7-18;/h4-9H2,1-3H3,(H2,14,15,16);1H. The Morgan fingerprint density at radius 3 is 2.60 bits per heavy atom. The Kier molecular flexibility index (Phi) is 7.28. The summed E-state index contributed by atoms with van der Waals surface area (Å²) in [5.74, 6) is 1.68. The number of aliphatic imine (C=N–C) groups is 1. The third-order valence-corrected chi connectivity index (χ3v) is 3.51. The molecule has 6 nitrogen and oxygen atoms in total. The van der Waals surface area contributed by atoms with Gasteiger partial charge in [0.2, 0.25) is 0 Å². The van der Waals surface area contributed by atoms with Gasteiger partial charge < -0.3 is 20.1 Å². The molecule has 1 fully saturated rings. The van der Waals surface area contributed by atoms with Gasteiger partial charge in [0.25, 0.3) is 0 Å². The molecular weight excluding hydrogens is 369 g/mol. The molecule has 2 rings (SSSR count). The van der Waals surface area contributed by atoms with Crippen LogP contribution in [0.5, 0.6) is 0 Å². The van der Waals surface area contributed by atoms with Crippen molar-refractivity contribution in [3.8, 4) is 0 Å². The third-order valence-electron chi connectivity index (χ3n) is 3.51. The third kappa shape index (κ3) is 4.62. The van der Waals surface area contributed by atoms with E-state index in [-0.39, 0.29) is 24.0 Å². The molecule has 0 spiro atoms. The zero-order valence-corrected chi connectivity index (χ0v) is 14.7. The van der Waals surface area contributed by atoms with Crippen LogP contribution < -0.4 is 10.6 Å². The summed E-state index contributed by atoms with van der Waals surface area (Å²) in [5.41, 5.74) is 2.03. The van der Waals surface area contributed by atoms with Crippen LogP contribution in [-0.2, 0) is 6.54 Å². The van der Waals surface area contributed by atoms with E-state index < -0.39 is 0 Å². The highest BCUT2D eigenvalue weighted by atomic mass is 127. The van der Waals surface area contributed by atoms with E-state index in [9.17, 15) is 0 Å². The summed E-state index contributed by atoms with van der Waals surface area (Å²) in [6, 6.07) is 0. The lowest BCUT2D eigenvalue weighted by molar-refractivity contribution is 0.185. The van der Waals surface area contributed by atoms with E-state index in [2.05, 4.69) is 25.7 Å². The van der Waals surface area contributed by atoms with Gasteiger partial charge in [-0.15, -0.1) is 24.0 Å². The van der Waals surface area contributed by atoms with Crippen LogP contribution in [-0.4, -0.2) is 49.2 Å². The first-order chi connectivity index (χ1) is 9.20. The second-order valence-electron chi connectivity index (χ2n) is 4.85. The number of hydrogen-bond donors (Lipinski definition) is 2. The lowest BCUT2D eigenvalue weighted by Crippen LogP contribution is -2.45. The van der Waals surface area contributed by atoms with Gasteiger partial charge in [-0.25, -0.2) is 0 Å². The quantitative estimate of drug-likeness (QED) is 0.448. The number of guanidine groups is 1. The molecule has 0 saturated carbocycles. The summed E-state index contributed by atoms with van der Waals surface area (Å²) in [6.07, 6.45) is 1.33. The summed E-state index contributed by atoms with van der Waals surface area (Å²) in [7, 11) is 1.78. The first-order valence-corrected chi connectivity index (χ1v) is 6.79. The summed E-state index contributed by atoms with van der Waals surface area (Å²) in [5, 5.41) is 10.5. The van der Waals surface area contributed by atoms with Crippen LogP contribution in [0.15, 0.2) is 9.52 Å². The van der Waals surface area contributed by atoms with Gasteiger partial charge in [-0.1, -0.05) is 5.16 Å². The monoisotopic (exact) mass is 393 g/mol. The maximum atomic E-state index is 5.14.